The molecule has 0 saturated carbocycles. The predicted octanol–water partition coefficient (Wildman–Crippen LogP) is 0.0857. The molecule has 0 atom stereocenters. The Labute approximate surface area is 97.0 Å². The molecule has 1 N–H and O–H groups in total. The Hall–Kier alpha value is -1.10. The fourth-order valence-electron chi connectivity index (χ4n) is 1.20. The zero-order chi connectivity index (χ0) is 12.6. The van der Waals surface area contributed by atoms with Crippen LogP contribution >= 0.6 is 0 Å². The summed E-state index contributed by atoms with van der Waals surface area (Å²) in [5.41, 5.74) is 0. The van der Waals surface area contributed by atoms with Crippen molar-refractivity contribution in [1.29, 1.82) is 0 Å². The van der Waals surface area contributed by atoms with Crippen LogP contribution in [0.25, 0.3) is 0 Å². The second kappa shape index (κ2) is 8.10. The van der Waals surface area contributed by atoms with Crippen LogP contribution in [-0.4, -0.2) is 60.5 Å². The van der Waals surface area contributed by atoms with E-state index < -0.39 is 0 Å². The van der Waals surface area contributed by atoms with Gasteiger partial charge in [0, 0.05) is 34.2 Å². The number of aliphatic hydroxyl groups excluding tert-OH is 1. The highest BCUT2D eigenvalue weighted by molar-refractivity contribution is 5.83. The van der Waals surface area contributed by atoms with Crippen LogP contribution in [0.5, 0.6) is 0 Å². The molecule has 0 saturated heterocycles. The summed E-state index contributed by atoms with van der Waals surface area (Å²) in [7, 11) is 3.34. The van der Waals surface area contributed by atoms with E-state index in [1.54, 1.807) is 19.0 Å². The van der Waals surface area contributed by atoms with Crippen molar-refractivity contribution in [3.63, 3.8) is 0 Å². The summed E-state index contributed by atoms with van der Waals surface area (Å²) < 4.78 is 0. The van der Waals surface area contributed by atoms with E-state index in [0.717, 1.165) is 19.3 Å². The highest BCUT2D eigenvalue weighted by atomic mass is 16.3. The maximum Gasteiger partial charge on any atom is 0.241 e. The first-order valence-electron chi connectivity index (χ1n) is 5.55. The number of nitrogens with zero attached hydrogens (tertiary/aromatic N) is 2. The van der Waals surface area contributed by atoms with Crippen LogP contribution in [0.1, 0.15) is 26.2 Å². The number of hydrogen-bond acceptors (Lipinski definition) is 3. The van der Waals surface area contributed by atoms with Crippen LogP contribution < -0.4 is 0 Å². The van der Waals surface area contributed by atoms with Crippen molar-refractivity contribution in [3.8, 4) is 0 Å². The lowest BCUT2D eigenvalue weighted by atomic mass is 10.2. The van der Waals surface area contributed by atoms with E-state index in [1.165, 1.54) is 11.8 Å². The van der Waals surface area contributed by atoms with E-state index >= 15 is 0 Å². The molecule has 0 rings (SSSR count). The Morgan fingerprint density at radius 1 is 1.06 bits per heavy atom. The molecule has 0 fully saturated rings. The van der Waals surface area contributed by atoms with Gasteiger partial charge in [-0.2, -0.15) is 0 Å². The molecule has 5 nitrogen and oxygen atoms in total. The molecule has 0 aliphatic rings. The molecule has 0 spiro atoms. The van der Waals surface area contributed by atoms with Crippen LogP contribution in [0, 0.1) is 0 Å². The van der Waals surface area contributed by atoms with E-state index in [1.807, 2.05) is 0 Å². The van der Waals surface area contributed by atoms with Gasteiger partial charge in [0.15, 0.2) is 0 Å². The zero-order valence-electron chi connectivity index (χ0n) is 10.4. The second-order valence-electron chi connectivity index (χ2n) is 3.97. The second-order valence-corrected chi connectivity index (χ2v) is 3.97. The number of aliphatic hydroxyl groups is 1. The molecular formula is C11H22N2O3. The molecule has 0 unspecified atom stereocenters. The summed E-state index contributed by atoms with van der Waals surface area (Å²) in [5, 5.41) is 8.60. The Morgan fingerprint density at radius 3 is 2.19 bits per heavy atom. The molecule has 0 radical (unpaired) electrons. The molecule has 0 bridgehead atoms. The fraction of sp³-hybridized carbons (Fsp3) is 0.818. The predicted molar refractivity (Wildman–Crippen MR) is 61.9 cm³/mol. The van der Waals surface area contributed by atoms with Gasteiger partial charge in [-0.3, -0.25) is 9.59 Å². The molecule has 0 aromatic heterocycles. The smallest absolute Gasteiger partial charge is 0.241 e. The molecular weight excluding hydrogens is 208 g/mol. The van der Waals surface area contributed by atoms with Gasteiger partial charge < -0.3 is 14.9 Å². The molecule has 0 aliphatic heterocycles. The van der Waals surface area contributed by atoms with Crippen molar-refractivity contribution in [1.82, 2.24) is 9.80 Å². The minimum absolute atomic E-state index is 0.0540. The fourth-order valence-corrected chi connectivity index (χ4v) is 1.20. The molecule has 2 amide bonds. The molecule has 16 heavy (non-hydrogen) atoms. The maximum atomic E-state index is 11.6. The number of carbonyl (C=O) groups excluding carboxylic acids is 2. The number of unbranched alkanes of at least 4 members (excludes halogenated alkanes) is 2. The highest BCUT2D eigenvalue weighted by Crippen LogP contribution is 1.98. The Balaban J connectivity index is 3.77. The van der Waals surface area contributed by atoms with Gasteiger partial charge in [-0.1, -0.05) is 0 Å². The summed E-state index contributed by atoms with van der Waals surface area (Å²) in [5.74, 6) is -0.163. The van der Waals surface area contributed by atoms with Gasteiger partial charge in [0.25, 0.3) is 0 Å². The summed E-state index contributed by atoms with van der Waals surface area (Å²) in [6.45, 7) is 2.44. The number of likely N-dealkylation sites (N-methyl/N-ethyl adjacent to an activating group) is 2. The first-order chi connectivity index (χ1) is 7.49. The summed E-state index contributed by atoms with van der Waals surface area (Å²) in [4.78, 5) is 25.5. The van der Waals surface area contributed by atoms with Gasteiger partial charge in [-0.15, -0.1) is 0 Å². The van der Waals surface area contributed by atoms with Crippen LogP contribution in [-0.2, 0) is 9.59 Å². The van der Waals surface area contributed by atoms with Crippen molar-refractivity contribution in [3.05, 3.63) is 0 Å². The first kappa shape index (κ1) is 14.9. The number of amides is 2. The zero-order valence-corrected chi connectivity index (χ0v) is 10.4. The number of hydrogen-bond donors (Lipinski definition) is 1. The van der Waals surface area contributed by atoms with Crippen molar-refractivity contribution >= 4 is 11.8 Å². The first-order valence-corrected chi connectivity index (χ1v) is 5.55. The molecule has 0 heterocycles. The monoisotopic (exact) mass is 230 g/mol. The third-order valence-corrected chi connectivity index (χ3v) is 2.49. The molecule has 0 aromatic rings. The van der Waals surface area contributed by atoms with E-state index in [0.29, 0.717) is 6.54 Å². The highest BCUT2D eigenvalue weighted by Gasteiger charge is 2.12. The van der Waals surface area contributed by atoms with Crippen LogP contribution in [0.15, 0.2) is 0 Å². The minimum Gasteiger partial charge on any atom is -0.396 e. The molecule has 0 aliphatic carbocycles. The molecule has 0 aromatic carbocycles. The van der Waals surface area contributed by atoms with Crippen molar-refractivity contribution < 1.29 is 14.7 Å². The van der Waals surface area contributed by atoms with Crippen LogP contribution in [0.2, 0.25) is 0 Å². The largest absolute Gasteiger partial charge is 0.396 e. The van der Waals surface area contributed by atoms with Gasteiger partial charge >= 0.3 is 0 Å². The Morgan fingerprint density at radius 2 is 1.69 bits per heavy atom. The van der Waals surface area contributed by atoms with Gasteiger partial charge in [-0.05, 0) is 19.3 Å². The van der Waals surface area contributed by atoms with Gasteiger partial charge in [-0.25, -0.2) is 0 Å². The van der Waals surface area contributed by atoms with Crippen molar-refractivity contribution in [2.45, 2.75) is 26.2 Å². The quantitative estimate of drug-likeness (QED) is 0.630. The number of rotatable bonds is 7. The van der Waals surface area contributed by atoms with Crippen molar-refractivity contribution in [2.24, 2.45) is 0 Å². The summed E-state index contributed by atoms with van der Waals surface area (Å²) >= 11 is 0. The normalized spacial score (nSPS) is 10.0. The lowest BCUT2D eigenvalue weighted by Crippen LogP contribution is -2.38. The summed E-state index contributed by atoms with van der Waals surface area (Å²) in [6.07, 6.45) is 2.57. The average Bonchev–Trinajstić information content (AvgIpc) is 2.23. The van der Waals surface area contributed by atoms with E-state index in [4.69, 9.17) is 5.11 Å². The minimum atomic E-state index is -0.109. The Bertz CT molecular complexity index is 231. The van der Waals surface area contributed by atoms with Gasteiger partial charge in [0.2, 0.25) is 11.8 Å². The lowest BCUT2D eigenvalue weighted by Gasteiger charge is -2.21. The van der Waals surface area contributed by atoms with E-state index in [2.05, 4.69) is 0 Å². The number of carbonyl (C=O) groups is 2. The van der Waals surface area contributed by atoms with Crippen molar-refractivity contribution in [2.75, 3.05) is 33.8 Å². The van der Waals surface area contributed by atoms with Gasteiger partial charge in [0.1, 0.15) is 0 Å². The van der Waals surface area contributed by atoms with E-state index in [9.17, 15) is 9.59 Å². The standard InChI is InChI=1S/C11H22N2O3/c1-10(15)13(3)9-11(16)12(2)7-5-4-6-8-14/h14H,4-9H2,1-3H3. The Kier molecular flexibility index (Phi) is 7.54. The third-order valence-electron chi connectivity index (χ3n) is 2.49. The SMILES string of the molecule is CC(=O)N(C)CC(=O)N(C)CCCCCO. The molecule has 94 valence electrons. The van der Waals surface area contributed by atoms with Crippen LogP contribution in [0.3, 0.4) is 0 Å². The van der Waals surface area contributed by atoms with Crippen LogP contribution in [0.4, 0.5) is 0 Å². The van der Waals surface area contributed by atoms with E-state index in [-0.39, 0.29) is 25.0 Å². The molecule has 5 heteroatoms. The topological polar surface area (TPSA) is 60.9 Å². The summed E-state index contributed by atoms with van der Waals surface area (Å²) in [6, 6.07) is 0. The van der Waals surface area contributed by atoms with Gasteiger partial charge in [0.05, 0.1) is 6.54 Å². The lowest BCUT2D eigenvalue weighted by molar-refractivity contribution is -0.137. The maximum absolute atomic E-state index is 11.6. The average molecular weight is 230 g/mol. The third kappa shape index (κ3) is 6.40.